The molecule has 208 valence electrons. The monoisotopic (exact) mass is 608 g/mol. The molecule has 0 spiro atoms. The van der Waals surface area contributed by atoms with Crippen LogP contribution in [0.1, 0.15) is 32.8 Å². The zero-order valence-corrected chi connectivity index (χ0v) is 23.5. The Hall–Kier alpha value is -4.31. The number of nitrogens with zero attached hydrogens (tertiary/aromatic N) is 2. The van der Waals surface area contributed by atoms with Crippen LogP contribution < -0.4 is 0 Å². The number of hydrogen-bond acceptors (Lipinski definition) is 6. The number of hydrogen-bond donors (Lipinski definition) is 0. The predicted molar refractivity (Wildman–Crippen MR) is 162 cm³/mol. The third-order valence-corrected chi connectivity index (χ3v) is 9.02. The fraction of sp³-hybridized carbons (Fsp3) is 0.0667. The highest BCUT2D eigenvalue weighted by Crippen LogP contribution is 2.38. The molecular weight excluding hydrogens is 587 g/mol. The van der Waals surface area contributed by atoms with Crippen LogP contribution in [0.25, 0.3) is 12.2 Å². The normalized spacial score (nSPS) is 13.3. The van der Waals surface area contributed by atoms with Gasteiger partial charge in [-0.3, -0.25) is 20.2 Å². The summed E-state index contributed by atoms with van der Waals surface area (Å²) in [5, 5.41) is 20.7. The maximum Gasteiger partial charge on any atom is 0.269 e. The molecule has 0 heterocycles. The summed E-state index contributed by atoms with van der Waals surface area (Å²) in [4.78, 5) is 21.0. The van der Waals surface area contributed by atoms with Crippen molar-refractivity contribution in [1.29, 1.82) is 0 Å². The van der Waals surface area contributed by atoms with E-state index in [2.05, 4.69) is 0 Å². The highest BCUT2D eigenvalue weighted by molar-refractivity contribution is 7.92. The van der Waals surface area contributed by atoms with E-state index < -0.39 is 30.2 Å². The molecule has 0 radical (unpaired) electrons. The molecule has 0 aromatic heterocycles. The van der Waals surface area contributed by atoms with Gasteiger partial charge in [-0.25, -0.2) is 8.42 Å². The molecule has 0 aliphatic carbocycles. The number of sulfone groups is 1. The van der Waals surface area contributed by atoms with Crippen LogP contribution in [0.3, 0.4) is 0 Å². The first-order valence-corrected chi connectivity index (χ1v) is 14.5. The summed E-state index contributed by atoms with van der Waals surface area (Å²) in [6.07, 6.45) is 6.25. The van der Waals surface area contributed by atoms with Crippen molar-refractivity contribution in [3.05, 3.63) is 162 Å². The van der Waals surface area contributed by atoms with E-state index >= 15 is 0 Å². The van der Waals surface area contributed by atoms with Crippen LogP contribution in [0.5, 0.6) is 0 Å². The Bertz CT molecular complexity index is 1580. The summed E-state index contributed by atoms with van der Waals surface area (Å²) < 4.78 is 28.8. The van der Waals surface area contributed by atoms with Crippen molar-refractivity contribution in [1.82, 2.24) is 0 Å². The van der Waals surface area contributed by atoms with E-state index in [1.165, 1.54) is 60.7 Å². The Kier molecular flexibility index (Phi) is 9.34. The average molecular weight is 609 g/mol. The second-order valence-electron chi connectivity index (χ2n) is 8.95. The van der Waals surface area contributed by atoms with Crippen molar-refractivity contribution in [2.75, 3.05) is 0 Å². The fourth-order valence-corrected chi connectivity index (χ4v) is 6.33. The third-order valence-electron chi connectivity index (χ3n) is 6.24. The summed E-state index contributed by atoms with van der Waals surface area (Å²) in [5.41, 5.74) is 1.93. The first-order valence-electron chi connectivity index (χ1n) is 12.1. The molecule has 0 N–H and O–H groups in total. The van der Waals surface area contributed by atoms with Gasteiger partial charge in [-0.2, -0.15) is 0 Å². The topological polar surface area (TPSA) is 120 Å². The summed E-state index contributed by atoms with van der Waals surface area (Å²) in [6.45, 7) is 0. The first-order chi connectivity index (χ1) is 19.5. The molecule has 8 nitrogen and oxygen atoms in total. The van der Waals surface area contributed by atoms with Crippen LogP contribution in [0, 0.1) is 20.2 Å². The van der Waals surface area contributed by atoms with Gasteiger partial charge >= 0.3 is 0 Å². The van der Waals surface area contributed by atoms with Gasteiger partial charge in [-0.1, -0.05) is 71.8 Å². The van der Waals surface area contributed by atoms with Crippen LogP contribution in [0.2, 0.25) is 10.0 Å². The van der Waals surface area contributed by atoms with E-state index in [9.17, 15) is 28.6 Å². The molecule has 0 bridgehead atoms. The van der Waals surface area contributed by atoms with E-state index in [0.717, 1.165) is 0 Å². The molecule has 2 atom stereocenters. The number of non-ortho nitro benzene ring substituents is 2. The Morgan fingerprint density at radius 2 is 0.878 bits per heavy atom. The Labute approximate surface area is 246 Å². The minimum atomic E-state index is -4.05. The molecule has 11 heteroatoms. The summed E-state index contributed by atoms with van der Waals surface area (Å²) in [6, 6.07) is 24.4. The van der Waals surface area contributed by atoms with Crippen molar-refractivity contribution in [2.24, 2.45) is 0 Å². The van der Waals surface area contributed by atoms with Crippen LogP contribution in [-0.4, -0.2) is 18.3 Å². The SMILES string of the molecule is O=[N+]([O-])c1ccc(C=CC(c2ccc(Cl)cc2)S(=O)(=O)C(C=Cc2ccc([N+](=O)[O-])cc2)c2ccc(Cl)cc2)cc1. The van der Waals surface area contributed by atoms with Crippen LogP contribution >= 0.6 is 23.2 Å². The molecule has 0 aliphatic heterocycles. The van der Waals surface area contributed by atoms with Gasteiger partial charge in [0.05, 0.1) is 9.85 Å². The van der Waals surface area contributed by atoms with Gasteiger partial charge in [-0.15, -0.1) is 0 Å². The third kappa shape index (κ3) is 7.46. The van der Waals surface area contributed by atoms with Crippen molar-refractivity contribution in [3.63, 3.8) is 0 Å². The lowest BCUT2D eigenvalue weighted by Crippen LogP contribution is -2.19. The molecule has 0 aliphatic rings. The smallest absolute Gasteiger partial charge is 0.258 e. The van der Waals surface area contributed by atoms with Gasteiger partial charge in [0.1, 0.15) is 10.5 Å². The lowest BCUT2D eigenvalue weighted by Gasteiger charge is -2.22. The molecule has 0 fully saturated rings. The molecule has 0 amide bonds. The van der Waals surface area contributed by atoms with Crippen LogP contribution in [0.15, 0.2) is 109 Å². The van der Waals surface area contributed by atoms with Crippen molar-refractivity contribution in [2.45, 2.75) is 10.5 Å². The van der Waals surface area contributed by atoms with E-state index in [4.69, 9.17) is 23.2 Å². The zero-order valence-electron chi connectivity index (χ0n) is 21.2. The van der Waals surface area contributed by atoms with Crippen LogP contribution in [-0.2, 0) is 9.84 Å². The molecule has 4 aromatic rings. The summed E-state index contributed by atoms with van der Waals surface area (Å²) >= 11 is 12.2. The second kappa shape index (κ2) is 12.9. The van der Waals surface area contributed by atoms with Crippen molar-refractivity contribution < 1.29 is 18.3 Å². The van der Waals surface area contributed by atoms with Crippen LogP contribution in [0.4, 0.5) is 11.4 Å². The van der Waals surface area contributed by atoms with Gasteiger partial charge in [0, 0.05) is 34.3 Å². The Morgan fingerprint density at radius 1 is 0.561 bits per heavy atom. The van der Waals surface area contributed by atoms with Crippen molar-refractivity contribution >= 4 is 56.6 Å². The molecular formula is C30H22Cl2N2O6S. The Morgan fingerprint density at radius 3 is 1.17 bits per heavy atom. The Balaban J connectivity index is 1.79. The highest BCUT2D eigenvalue weighted by atomic mass is 35.5. The fourth-order valence-electron chi connectivity index (χ4n) is 4.09. The molecule has 2 unspecified atom stereocenters. The largest absolute Gasteiger partial charge is 0.269 e. The van der Waals surface area contributed by atoms with E-state index in [0.29, 0.717) is 32.3 Å². The van der Waals surface area contributed by atoms with E-state index in [-0.39, 0.29) is 11.4 Å². The standard InChI is InChI=1S/C30H22Cl2N2O6S/c31-25-11-7-23(8-12-25)29(19-5-21-1-15-27(16-2-21)33(35)36)41(39,40)30(24-9-13-26(32)14-10-24)20-6-22-3-17-28(18-4-22)34(37)38/h1-20,29-30H. The lowest BCUT2D eigenvalue weighted by molar-refractivity contribution is -0.385. The molecule has 4 rings (SSSR count). The number of benzene rings is 4. The van der Waals surface area contributed by atoms with Gasteiger partial charge in [-0.05, 0) is 70.8 Å². The minimum absolute atomic E-state index is 0.0804. The number of nitro benzene ring substituents is 2. The van der Waals surface area contributed by atoms with Gasteiger partial charge < -0.3 is 0 Å². The molecule has 0 saturated heterocycles. The second-order valence-corrected chi connectivity index (χ2v) is 12.0. The number of rotatable bonds is 10. The average Bonchev–Trinajstić information content (AvgIpc) is 2.95. The lowest BCUT2D eigenvalue weighted by atomic mass is 10.1. The zero-order chi connectivity index (χ0) is 29.6. The quantitative estimate of drug-likeness (QED) is 0.131. The van der Waals surface area contributed by atoms with Gasteiger partial charge in [0.25, 0.3) is 11.4 Å². The number of nitro groups is 2. The van der Waals surface area contributed by atoms with Gasteiger partial charge in [0.2, 0.25) is 0 Å². The maximum atomic E-state index is 14.4. The van der Waals surface area contributed by atoms with Gasteiger partial charge in [0.15, 0.2) is 9.84 Å². The number of halogens is 2. The first kappa shape index (κ1) is 29.7. The minimum Gasteiger partial charge on any atom is -0.258 e. The van der Waals surface area contributed by atoms with Crippen molar-refractivity contribution in [3.8, 4) is 0 Å². The molecule has 4 aromatic carbocycles. The summed E-state index contributed by atoms with van der Waals surface area (Å²) in [7, 11) is -4.05. The maximum absolute atomic E-state index is 14.4. The predicted octanol–water partition coefficient (Wildman–Crippen LogP) is 8.43. The molecule has 0 saturated carbocycles. The highest BCUT2D eigenvalue weighted by Gasteiger charge is 2.33. The van der Waals surface area contributed by atoms with E-state index in [1.807, 2.05) is 0 Å². The molecule has 41 heavy (non-hydrogen) atoms. The van der Waals surface area contributed by atoms with E-state index in [1.54, 1.807) is 60.7 Å². The summed E-state index contributed by atoms with van der Waals surface area (Å²) in [5.74, 6) is 0.